The maximum Gasteiger partial charge on any atom is 0.164 e. The predicted molar refractivity (Wildman–Crippen MR) is 238 cm³/mol. The van der Waals surface area contributed by atoms with Crippen molar-refractivity contribution in [2.75, 3.05) is 0 Å². The number of aromatic nitrogens is 4. The summed E-state index contributed by atoms with van der Waals surface area (Å²) in [6.07, 6.45) is 0. The standard InChI is InChI=1S/C53H32N4O/c1-3-13-33(14-4-1)38-28-29-44-43(32-38)48-40-20-10-9-16-35(40)27-30-45(48)57(44)46-23-11-21-41-49-42(22-12-24-47(49)58-50(41)46)53-55-51(36-17-5-2-6-18-36)54-52(56-53)39-26-25-34-15-7-8-19-37(34)31-39/h1-32H. The van der Waals surface area contributed by atoms with Crippen LogP contribution in [0, 0.1) is 0 Å². The van der Waals surface area contributed by atoms with Crippen LogP contribution in [0.2, 0.25) is 0 Å². The van der Waals surface area contributed by atoms with Crippen LogP contribution in [0.25, 0.3) is 116 Å². The van der Waals surface area contributed by atoms with Crippen molar-refractivity contribution in [2.45, 2.75) is 0 Å². The van der Waals surface area contributed by atoms with Gasteiger partial charge in [-0.15, -0.1) is 0 Å². The minimum Gasteiger partial charge on any atom is -0.454 e. The molecule has 0 amide bonds. The van der Waals surface area contributed by atoms with E-state index in [0.29, 0.717) is 17.5 Å². The topological polar surface area (TPSA) is 56.7 Å². The van der Waals surface area contributed by atoms with Crippen LogP contribution in [-0.2, 0) is 0 Å². The second kappa shape index (κ2) is 12.8. The predicted octanol–water partition coefficient (Wildman–Crippen LogP) is 13.8. The number of fused-ring (bicyclic) bond motifs is 9. The van der Waals surface area contributed by atoms with E-state index in [9.17, 15) is 0 Å². The average Bonchev–Trinajstić information content (AvgIpc) is 3.85. The van der Waals surface area contributed by atoms with E-state index in [1.165, 1.54) is 38.1 Å². The van der Waals surface area contributed by atoms with Crippen LogP contribution in [-0.4, -0.2) is 19.5 Å². The van der Waals surface area contributed by atoms with Crippen molar-refractivity contribution in [2.24, 2.45) is 0 Å². The number of nitrogens with zero attached hydrogens (tertiary/aromatic N) is 4. The molecule has 0 aliphatic heterocycles. The van der Waals surface area contributed by atoms with E-state index in [-0.39, 0.29) is 0 Å². The number of furan rings is 1. The largest absolute Gasteiger partial charge is 0.454 e. The molecule has 0 saturated heterocycles. The summed E-state index contributed by atoms with van der Waals surface area (Å²) in [6, 6.07) is 68.0. The van der Waals surface area contributed by atoms with Gasteiger partial charge in [-0.05, 0) is 69.1 Å². The van der Waals surface area contributed by atoms with E-state index in [1.807, 2.05) is 42.5 Å². The SMILES string of the molecule is c1ccc(-c2ccc3c(c2)c2c4ccccc4ccc2n3-c2cccc3c2oc2cccc(-c4nc(-c5ccccc5)nc(-c5ccc6ccccc6c5)n4)c23)cc1. The van der Waals surface area contributed by atoms with E-state index >= 15 is 0 Å². The Labute approximate surface area is 333 Å². The van der Waals surface area contributed by atoms with Gasteiger partial charge in [0.15, 0.2) is 23.1 Å². The number of benzene rings is 9. The molecule has 0 fully saturated rings. The van der Waals surface area contributed by atoms with E-state index in [0.717, 1.165) is 60.7 Å². The highest BCUT2D eigenvalue weighted by Crippen LogP contribution is 2.43. The monoisotopic (exact) mass is 740 g/mol. The van der Waals surface area contributed by atoms with Crippen molar-refractivity contribution in [1.29, 1.82) is 0 Å². The van der Waals surface area contributed by atoms with Gasteiger partial charge in [-0.3, -0.25) is 0 Å². The molecule has 5 nitrogen and oxygen atoms in total. The molecule has 12 aromatic rings. The van der Waals surface area contributed by atoms with Crippen LogP contribution >= 0.6 is 0 Å². The summed E-state index contributed by atoms with van der Waals surface area (Å²) < 4.78 is 9.30. The average molecular weight is 741 g/mol. The summed E-state index contributed by atoms with van der Waals surface area (Å²) >= 11 is 0. The Kier molecular flexibility index (Phi) is 7.16. The molecule has 0 bridgehead atoms. The van der Waals surface area contributed by atoms with E-state index in [4.69, 9.17) is 19.4 Å². The minimum absolute atomic E-state index is 0.590. The number of hydrogen-bond acceptors (Lipinski definition) is 4. The first kappa shape index (κ1) is 32.4. The van der Waals surface area contributed by atoms with Crippen LogP contribution in [0.1, 0.15) is 0 Å². The van der Waals surface area contributed by atoms with Gasteiger partial charge < -0.3 is 8.98 Å². The Morgan fingerprint density at radius 3 is 1.84 bits per heavy atom. The van der Waals surface area contributed by atoms with Gasteiger partial charge in [-0.1, -0.05) is 158 Å². The van der Waals surface area contributed by atoms with Crippen LogP contribution < -0.4 is 0 Å². The fraction of sp³-hybridized carbons (Fsp3) is 0. The van der Waals surface area contributed by atoms with E-state index in [2.05, 4.69) is 156 Å². The molecule has 5 heteroatoms. The molecule has 0 spiro atoms. The molecule has 3 aromatic heterocycles. The van der Waals surface area contributed by atoms with Crippen molar-refractivity contribution in [3.8, 4) is 51.0 Å². The van der Waals surface area contributed by atoms with Gasteiger partial charge in [0.25, 0.3) is 0 Å². The Balaban J connectivity index is 1.10. The first-order valence-corrected chi connectivity index (χ1v) is 19.5. The zero-order valence-electron chi connectivity index (χ0n) is 31.2. The number of hydrogen-bond donors (Lipinski definition) is 0. The fourth-order valence-corrected chi connectivity index (χ4v) is 8.73. The molecular formula is C53H32N4O. The molecule has 58 heavy (non-hydrogen) atoms. The summed E-state index contributed by atoms with van der Waals surface area (Å²) in [5, 5.41) is 9.11. The van der Waals surface area contributed by atoms with Gasteiger partial charge in [0, 0.05) is 38.2 Å². The van der Waals surface area contributed by atoms with Crippen molar-refractivity contribution in [1.82, 2.24) is 19.5 Å². The third-order valence-electron chi connectivity index (χ3n) is 11.4. The molecule has 12 rings (SSSR count). The molecule has 0 N–H and O–H groups in total. The Hall–Kier alpha value is -7.89. The quantitative estimate of drug-likeness (QED) is 0.176. The highest BCUT2D eigenvalue weighted by molar-refractivity contribution is 6.23. The van der Waals surface area contributed by atoms with Gasteiger partial charge in [0.1, 0.15) is 5.58 Å². The van der Waals surface area contributed by atoms with Crippen molar-refractivity contribution < 1.29 is 4.42 Å². The third-order valence-corrected chi connectivity index (χ3v) is 11.4. The highest BCUT2D eigenvalue weighted by Gasteiger charge is 2.22. The smallest absolute Gasteiger partial charge is 0.164 e. The molecule has 0 saturated carbocycles. The minimum atomic E-state index is 0.590. The Bertz CT molecular complexity index is 3570. The van der Waals surface area contributed by atoms with Crippen molar-refractivity contribution in [3.05, 3.63) is 194 Å². The summed E-state index contributed by atoms with van der Waals surface area (Å²) in [7, 11) is 0. The molecule has 0 unspecified atom stereocenters. The lowest BCUT2D eigenvalue weighted by Crippen LogP contribution is -2.00. The van der Waals surface area contributed by atoms with Crippen molar-refractivity contribution in [3.63, 3.8) is 0 Å². The van der Waals surface area contributed by atoms with E-state index < -0.39 is 0 Å². The Morgan fingerprint density at radius 2 is 1.00 bits per heavy atom. The maximum absolute atomic E-state index is 6.93. The zero-order valence-corrected chi connectivity index (χ0v) is 31.2. The van der Waals surface area contributed by atoms with Crippen LogP contribution in [0.4, 0.5) is 0 Å². The second-order valence-corrected chi connectivity index (χ2v) is 14.8. The molecule has 270 valence electrons. The van der Waals surface area contributed by atoms with Crippen LogP contribution in [0.3, 0.4) is 0 Å². The molecule has 9 aromatic carbocycles. The second-order valence-electron chi connectivity index (χ2n) is 14.8. The van der Waals surface area contributed by atoms with Crippen LogP contribution in [0.5, 0.6) is 0 Å². The fourth-order valence-electron chi connectivity index (χ4n) is 8.73. The van der Waals surface area contributed by atoms with Gasteiger partial charge in [0.05, 0.1) is 16.7 Å². The number of rotatable bonds is 5. The first-order chi connectivity index (χ1) is 28.7. The molecule has 0 aliphatic carbocycles. The molecule has 0 aliphatic rings. The Morgan fingerprint density at radius 1 is 0.362 bits per heavy atom. The normalized spacial score (nSPS) is 11.8. The summed E-state index contributed by atoms with van der Waals surface area (Å²) in [6.45, 7) is 0. The molecule has 0 atom stereocenters. The molecular weight excluding hydrogens is 709 g/mol. The van der Waals surface area contributed by atoms with Gasteiger partial charge in [-0.25, -0.2) is 15.0 Å². The highest BCUT2D eigenvalue weighted by atomic mass is 16.3. The lowest BCUT2D eigenvalue weighted by molar-refractivity contribution is 0.666. The third kappa shape index (κ3) is 5.07. The summed E-state index contributed by atoms with van der Waals surface area (Å²) in [5.74, 6) is 1.83. The first-order valence-electron chi connectivity index (χ1n) is 19.5. The zero-order chi connectivity index (χ0) is 38.2. The van der Waals surface area contributed by atoms with E-state index in [1.54, 1.807) is 0 Å². The van der Waals surface area contributed by atoms with Crippen LogP contribution in [0.15, 0.2) is 199 Å². The van der Waals surface area contributed by atoms with Gasteiger partial charge >= 0.3 is 0 Å². The molecule has 0 radical (unpaired) electrons. The summed E-state index contributed by atoms with van der Waals surface area (Å²) in [4.78, 5) is 15.4. The van der Waals surface area contributed by atoms with Crippen molar-refractivity contribution >= 4 is 65.3 Å². The van der Waals surface area contributed by atoms with Gasteiger partial charge in [0.2, 0.25) is 0 Å². The number of para-hydroxylation sites is 1. The lowest BCUT2D eigenvalue weighted by Gasteiger charge is -2.10. The maximum atomic E-state index is 6.93. The summed E-state index contributed by atoms with van der Waals surface area (Å²) in [5.41, 5.74) is 9.89. The molecule has 3 heterocycles. The lowest BCUT2D eigenvalue weighted by atomic mass is 10.0. The van der Waals surface area contributed by atoms with Gasteiger partial charge in [-0.2, -0.15) is 0 Å².